The number of hydrogen-bond acceptors (Lipinski definition) is 1. The Morgan fingerprint density at radius 3 is 1.95 bits per heavy atom. The van der Waals surface area contributed by atoms with Gasteiger partial charge in [-0.1, -0.05) is 90.4 Å². The third-order valence-electron chi connectivity index (χ3n) is 4.79. The Balaban J connectivity index is 1.78. The fraction of sp³-hybridized carbons (Fsp3) is 1.00. The van der Waals surface area contributed by atoms with Gasteiger partial charge < -0.3 is 5.73 Å². The van der Waals surface area contributed by atoms with Gasteiger partial charge >= 0.3 is 0 Å². The molecule has 2 atom stereocenters. The third kappa shape index (κ3) is 9.49. The molecule has 1 aliphatic carbocycles. The highest BCUT2D eigenvalue weighted by Gasteiger charge is 2.18. The van der Waals surface area contributed by atoms with Gasteiger partial charge in [-0.3, -0.25) is 0 Å². The molecule has 1 rings (SSSR count). The van der Waals surface area contributed by atoms with E-state index in [-0.39, 0.29) is 0 Å². The van der Waals surface area contributed by atoms with Crippen LogP contribution in [0.4, 0.5) is 0 Å². The lowest BCUT2D eigenvalue weighted by Gasteiger charge is -2.26. The maximum absolute atomic E-state index is 6.05. The molecule has 19 heavy (non-hydrogen) atoms. The first-order chi connectivity index (χ1) is 9.33. The van der Waals surface area contributed by atoms with Crippen LogP contribution in [0.3, 0.4) is 0 Å². The quantitative estimate of drug-likeness (QED) is 0.469. The van der Waals surface area contributed by atoms with Gasteiger partial charge in [-0.05, 0) is 18.8 Å². The summed E-state index contributed by atoms with van der Waals surface area (Å²) in [5, 5.41) is 0. The minimum Gasteiger partial charge on any atom is -0.328 e. The van der Waals surface area contributed by atoms with Crippen molar-refractivity contribution in [1.82, 2.24) is 0 Å². The lowest BCUT2D eigenvalue weighted by molar-refractivity contribution is 0.298. The van der Waals surface area contributed by atoms with Gasteiger partial charge in [-0.15, -0.1) is 0 Å². The van der Waals surface area contributed by atoms with Gasteiger partial charge in [0.2, 0.25) is 0 Å². The zero-order valence-corrected chi connectivity index (χ0v) is 13.3. The van der Waals surface area contributed by atoms with Crippen LogP contribution in [-0.4, -0.2) is 6.04 Å². The molecule has 0 saturated heterocycles. The molecular weight excluding hydrogens is 230 g/mol. The van der Waals surface area contributed by atoms with E-state index in [9.17, 15) is 0 Å². The molecule has 0 aliphatic heterocycles. The first kappa shape index (κ1) is 17.0. The van der Waals surface area contributed by atoms with Crippen molar-refractivity contribution < 1.29 is 0 Å². The molecule has 0 bridgehead atoms. The van der Waals surface area contributed by atoms with E-state index in [1.54, 1.807) is 0 Å². The van der Waals surface area contributed by atoms with Crippen LogP contribution in [0, 0.1) is 5.92 Å². The van der Waals surface area contributed by atoms with Gasteiger partial charge in [0, 0.05) is 6.04 Å². The molecule has 1 fully saturated rings. The van der Waals surface area contributed by atoms with Gasteiger partial charge in [0.15, 0.2) is 0 Å². The van der Waals surface area contributed by atoms with E-state index in [1.165, 1.54) is 96.3 Å². The first-order valence-electron chi connectivity index (χ1n) is 9.08. The van der Waals surface area contributed by atoms with Crippen molar-refractivity contribution in [3.05, 3.63) is 0 Å². The van der Waals surface area contributed by atoms with Crippen LogP contribution in [0.1, 0.15) is 103 Å². The van der Waals surface area contributed by atoms with E-state index in [2.05, 4.69) is 6.92 Å². The Bertz CT molecular complexity index is 190. The summed E-state index contributed by atoms with van der Waals surface area (Å²) in [5.41, 5.74) is 6.05. The second-order valence-electron chi connectivity index (χ2n) is 6.76. The number of hydrogen-bond donors (Lipinski definition) is 1. The van der Waals surface area contributed by atoms with E-state index in [1.807, 2.05) is 0 Å². The number of unbranched alkanes of at least 4 members (excludes halogenated alkanes) is 9. The van der Waals surface area contributed by atoms with E-state index >= 15 is 0 Å². The SMILES string of the molecule is CCCCCCCCCCCCC1CCCC(N)C1. The van der Waals surface area contributed by atoms with E-state index in [4.69, 9.17) is 5.73 Å². The Kier molecular flexibility index (Phi) is 10.5. The van der Waals surface area contributed by atoms with Crippen LogP contribution < -0.4 is 5.73 Å². The molecule has 0 radical (unpaired) electrons. The van der Waals surface area contributed by atoms with Crippen molar-refractivity contribution in [2.75, 3.05) is 0 Å². The van der Waals surface area contributed by atoms with E-state index in [0.717, 1.165) is 5.92 Å². The van der Waals surface area contributed by atoms with Crippen molar-refractivity contribution in [3.63, 3.8) is 0 Å². The molecule has 0 aromatic heterocycles. The maximum atomic E-state index is 6.05. The Morgan fingerprint density at radius 2 is 1.37 bits per heavy atom. The standard InChI is InChI=1S/C18H37N/c1-2-3-4-5-6-7-8-9-10-11-13-17-14-12-15-18(19)16-17/h17-18H,2-16,19H2,1H3. The van der Waals surface area contributed by atoms with Gasteiger partial charge in [-0.2, -0.15) is 0 Å². The van der Waals surface area contributed by atoms with Crippen molar-refractivity contribution in [2.45, 2.75) is 109 Å². The fourth-order valence-corrected chi connectivity index (χ4v) is 3.52. The Labute approximate surface area is 121 Å². The molecular formula is C18H37N. The summed E-state index contributed by atoms with van der Waals surface area (Å²) in [6.07, 6.45) is 21.4. The third-order valence-corrected chi connectivity index (χ3v) is 4.79. The summed E-state index contributed by atoms with van der Waals surface area (Å²) in [4.78, 5) is 0. The van der Waals surface area contributed by atoms with Crippen LogP contribution in [0.5, 0.6) is 0 Å². The molecule has 114 valence electrons. The zero-order chi connectivity index (χ0) is 13.8. The largest absolute Gasteiger partial charge is 0.328 e. The maximum Gasteiger partial charge on any atom is 0.00414 e. The van der Waals surface area contributed by atoms with E-state index in [0.29, 0.717) is 6.04 Å². The predicted octanol–water partition coefficient (Wildman–Crippen LogP) is 5.81. The van der Waals surface area contributed by atoms with Crippen LogP contribution >= 0.6 is 0 Å². The minimum atomic E-state index is 0.516. The van der Waals surface area contributed by atoms with E-state index < -0.39 is 0 Å². The summed E-state index contributed by atoms with van der Waals surface area (Å²) in [5.74, 6) is 0.956. The lowest BCUT2D eigenvalue weighted by atomic mass is 9.83. The van der Waals surface area contributed by atoms with Crippen LogP contribution in [0.15, 0.2) is 0 Å². The average Bonchev–Trinajstić information content (AvgIpc) is 2.41. The summed E-state index contributed by atoms with van der Waals surface area (Å²) in [6, 6.07) is 0.516. The first-order valence-corrected chi connectivity index (χ1v) is 9.08. The van der Waals surface area contributed by atoms with Crippen molar-refractivity contribution in [3.8, 4) is 0 Å². The molecule has 0 heterocycles. The van der Waals surface area contributed by atoms with Gasteiger partial charge in [0.25, 0.3) is 0 Å². The van der Waals surface area contributed by atoms with Crippen LogP contribution in [0.25, 0.3) is 0 Å². The molecule has 0 aromatic carbocycles. The average molecular weight is 268 g/mol. The summed E-state index contributed by atoms with van der Waals surface area (Å²) in [7, 11) is 0. The highest BCUT2D eigenvalue weighted by atomic mass is 14.6. The minimum absolute atomic E-state index is 0.516. The molecule has 1 nitrogen and oxygen atoms in total. The highest BCUT2D eigenvalue weighted by Crippen LogP contribution is 2.27. The molecule has 1 heteroatoms. The fourth-order valence-electron chi connectivity index (χ4n) is 3.52. The lowest BCUT2D eigenvalue weighted by Crippen LogP contribution is -2.27. The van der Waals surface area contributed by atoms with Crippen molar-refractivity contribution in [1.29, 1.82) is 0 Å². The molecule has 0 aromatic rings. The zero-order valence-electron chi connectivity index (χ0n) is 13.3. The predicted molar refractivity (Wildman–Crippen MR) is 86.4 cm³/mol. The number of nitrogens with two attached hydrogens (primary N) is 1. The van der Waals surface area contributed by atoms with Crippen molar-refractivity contribution >= 4 is 0 Å². The normalized spacial score (nSPS) is 23.7. The summed E-state index contributed by atoms with van der Waals surface area (Å²) < 4.78 is 0. The van der Waals surface area contributed by atoms with Crippen LogP contribution in [0.2, 0.25) is 0 Å². The summed E-state index contributed by atoms with van der Waals surface area (Å²) in [6.45, 7) is 2.29. The second kappa shape index (κ2) is 11.8. The molecule has 2 N–H and O–H groups in total. The molecule has 1 saturated carbocycles. The summed E-state index contributed by atoms with van der Waals surface area (Å²) >= 11 is 0. The van der Waals surface area contributed by atoms with Gasteiger partial charge in [-0.25, -0.2) is 0 Å². The molecule has 0 amide bonds. The van der Waals surface area contributed by atoms with Gasteiger partial charge in [0.1, 0.15) is 0 Å². The van der Waals surface area contributed by atoms with Gasteiger partial charge in [0.05, 0.1) is 0 Å². The molecule has 0 spiro atoms. The topological polar surface area (TPSA) is 26.0 Å². The Hall–Kier alpha value is -0.0400. The Morgan fingerprint density at radius 1 is 0.789 bits per heavy atom. The molecule has 2 unspecified atom stereocenters. The smallest absolute Gasteiger partial charge is 0.00414 e. The number of rotatable bonds is 11. The van der Waals surface area contributed by atoms with Crippen LogP contribution in [-0.2, 0) is 0 Å². The van der Waals surface area contributed by atoms with Crippen molar-refractivity contribution in [2.24, 2.45) is 11.7 Å². The monoisotopic (exact) mass is 267 g/mol. The highest BCUT2D eigenvalue weighted by molar-refractivity contribution is 4.74. The second-order valence-corrected chi connectivity index (χ2v) is 6.76. The molecule has 1 aliphatic rings.